The minimum Gasteiger partial charge on any atom is -0.325 e. The highest BCUT2D eigenvalue weighted by molar-refractivity contribution is 7.89. The lowest BCUT2D eigenvalue weighted by Crippen LogP contribution is -2.37. The Morgan fingerprint density at radius 2 is 1.65 bits per heavy atom. The zero-order valence-electron chi connectivity index (χ0n) is 17.1. The SMILES string of the molecule is Cc1ccc(S(=O)(=O)N(CC(=O)Nc2ccc(Cl)cc2C)Cc2ccccc2Cl)cc1. The highest BCUT2D eigenvalue weighted by Gasteiger charge is 2.27. The van der Waals surface area contributed by atoms with E-state index in [9.17, 15) is 13.2 Å². The van der Waals surface area contributed by atoms with E-state index in [1.165, 1.54) is 12.1 Å². The van der Waals surface area contributed by atoms with Crippen LogP contribution in [0, 0.1) is 13.8 Å². The number of anilines is 1. The minimum absolute atomic E-state index is 0.0388. The molecule has 0 bridgehead atoms. The molecule has 1 N–H and O–H groups in total. The van der Waals surface area contributed by atoms with Crippen LogP contribution < -0.4 is 5.32 Å². The molecule has 0 radical (unpaired) electrons. The average Bonchev–Trinajstić information content (AvgIpc) is 2.71. The molecule has 0 fully saturated rings. The van der Waals surface area contributed by atoms with Crippen LogP contribution in [-0.2, 0) is 21.4 Å². The van der Waals surface area contributed by atoms with Crippen molar-refractivity contribution in [3.8, 4) is 0 Å². The van der Waals surface area contributed by atoms with E-state index in [1.807, 2.05) is 13.8 Å². The zero-order valence-corrected chi connectivity index (χ0v) is 19.4. The molecule has 3 rings (SSSR count). The molecule has 8 heteroatoms. The van der Waals surface area contributed by atoms with Gasteiger partial charge in [0.25, 0.3) is 0 Å². The lowest BCUT2D eigenvalue weighted by molar-refractivity contribution is -0.116. The zero-order chi connectivity index (χ0) is 22.6. The number of hydrogen-bond acceptors (Lipinski definition) is 3. The van der Waals surface area contributed by atoms with Crippen LogP contribution in [0.15, 0.2) is 71.6 Å². The number of rotatable bonds is 7. The van der Waals surface area contributed by atoms with Crippen molar-refractivity contribution in [2.45, 2.75) is 25.3 Å². The molecule has 3 aromatic carbocycles. The molecular formula is C23H22Cl2N2O3S. The number of amides is 1. The Labute approximate surface area is 192 Å². The molecule has 162 valence electrons. The van der Waals surface area contributed by atoms with Gasteiger partial charge in [0.15, 0.2) is 0 Å². The molecule has 0 aliphatic carbocycles. The number of halogens is 2. The van der Waals surface area contributed by atoms with Crippen molar-refractivity contribution < 1.29 is 13.2 Å². The van der Waals surface area contributed by atoms with Crippen LogP contribution in [0.2, 0.25) is 10.0 Å². The first-order valence-corrected chi connectivity index (χ1v) is 11.7. The lowest BCUT2D eigenvalue weighted by Gasteiger charge is -2.23. The van der Waals surface area contributed by atoms with Crippen molar-refractivity contribution in [3.05, 3.63) is 93.5 Å². The van der Waals surface area contributed by atoms with Gasteiger partial charge < -0.3 is 5.32 Å². The topological polar surface area (TPSA) is 66.5 Å². The number of carbonyl (C=O) groups excluding carboxylic acids is 1. The van der Waals surface area contributed by atoms with Crippen LogP contribution in [0.4, 0.5) is 5.69 Å². The molecule has 0 saturated carbocycles. The molecule has 0 aliphatic rings. The first-order valence-electron chi connectivity index (χ1n) is 9.53. The summed E-state index contributed by atoms with van der Waals surface area (Å²) in [6, 6.07) is 18.5. The van der Waals surface area contributed by atoms with E-state index in [1.54, 1.807) is 54.6 Å². The van der Waals surface area contributed by atoms with Gasteiger partial charge >= 0.3 is 0 Å². The van der Waals surface area contributed by atoms with Crippen molar-refractivity contribution in [2.24, 2.45) is 0 Å². The third-order valence-corrected chi connectivity index (χ3v) is 7.16. The van der Waals surface area contributed by atoms with Crippen LogP contribution in [0.5, 0.6) is 0 Å². The predicted molar refractivity (Wildman–Crippen MR) is 125 cm³/mol. The molecule has 0 heterocycles. The normalized spacial score (nSPS) is 11.5. The van der Waals surface area contributed by atoms with Gasteiger partial charge in [0.05, 0.1) is 11.4 Å². The Bertz CT molecular complexity index is 1200. The fourth-order valence-corrected chi connectivity index (χ4v) is 4.82. The monoisotopic (exact) mass is 476 g/mol. The molecular weight excluding hydrogens is 455 g/mol. The van der Waals surface area contributed by atoms with E-state index in [0.29, 0.717) is 21.3 Å². The third-order valence-electron chi connectivity index (χ3n) is 4.75. The summed E-state index contributed by atoms with van der Waals surface area (Å²) in [4.78, 5) is 12.9. The smallest absolute Gasteiger partial charge is 0.243 e. The van der Waals surface area contributed by atoms with Crippen LogP contribution in [0.25, 0.3) is 0 Å². The molecule has 0 aromatic heterocycles. The van der Waals surface area contributed by atoms with Crippen LogP contribution in [0.3, 0.4) is 0 Å². The van der Waals surface area contributed by atoms with E-state index in [-0.39, 0.29) is 18.0 Å². The Kier molecular flexibility index (Phi) is 7.38. The number of nitrogens with zero attached hydrogens (tertiary/aromatic N) is 1. The van der Waals surface area contributed by atoms with Gasteiger partial charge in [0.2, 0.25) is 15.9 Å². The number of sulfonamides is 1. The Hall–Kier alpha value is -2.38. The van der Waals surface area contributed by atoms with Crippen molar-refractivity contribution in [1.29, 1.82) is 0 Å². The minimum atomic E-state index is -3.94. The van der Waals surface area contributed by atoms with Gasteiger partial charge in [0.1, 0.15) is 0 Å². The van der Waals surface area contributed by atoms with E-state index >= 15 is 0 Å². The Morgan fingerprint density at radius 1 is 0.968 bits per heavy atom. The van der Waals surface area contributed by atoms with Gasteiger partial charge in [-0.25, -0.2) is 8.42 Å². The maximum Gasteiger partial charge on any atom is 0.243 e. The van der Waals surface area contributed by atoms with E-state index in [2.05, 4.69) is 5.32 Å². The quantitative estimate of drug-likeness (QED) is 0.493. The number of benzene rings is 3. The summed E-state index contributed by atoms with van der Waals surface area (Å²) in [7, 11) is -3.94. The molecule has 0 spiro atoms. The summed E-state index contributed by atoms with van der Waals surface area (Å²) in [6.45, 7) is 3.28. The molecule has 31 heavy (non-hydrogen) atoms. The van der Waals surface area contributed by atoms with Crippen molar-refractivity contribution in [2.75, 3.05) is 11.9 Å². The number of nitrogens with one attached hydrogen (secondary N) is 1. The van der Waals surface area contributed by atoms with Crippen LogP contribution in [0.1, 0.15) is 16.7 Å². The van der Waals surface area contributed by atoms with Gasteiger partial charge in [-0.15, -0.1) is 0 Å². The molecule has 0 unspecified atom stereocenters. The van der Waals surface area contributed by atoms with E-state index < -0.39 is 15.9 Å². The number of aryl methyl sites for hydroxylation is 2. The molecule has 0 saturated heterocycles. The largest absolute Gasteiger partial charge is 0.325 e. The van der Waals surface area contributed by atoms with Crippen LogP contribution >= 0.6 is 23.2 Å². The van der Waals surface area contributed by atoms with Crippen molar-refractivity contribution >= 4 is 44.8 Å². The summed E-state index contributed by atoms with van der Waals surface area (Å²) in [6.07, 6.45) is 0. The molecule has 5 nitrogen and oxygen atoms in total. The summed E-state index contributed by atoms with van der Waals surface area (Å²) >= 11 is 12.2. The highest BCUT2D eigenvalue weighted by atomic mass is 35.5. The summed E-state index contributed by atoms with van der Waals surface area (Å²) in [5.41, 5.74) is 2.89. The lowest BCUT2D eigenvalue weighted by atomic mass is 10.2. The summed E-state index contributed by atoms with van der Waals surface area (Å²) < 4.78 is 27.8. The second-order valence-corrected chi connectivity index (χ2v) is 9.97. The maximum atomic E-state index is 13.3. The Morgan fingerprint density at radius 3 is 2.29 bits per heavy atom. The van der Waals surface area contributed by atoms with Gasteiger partial charge in [-0.1, -0.05) is 59.1 Å². The van der Waals surface area contributed by atoms with Gasteiger partial charge in [-0.2, -0.15) is 4.31 Å². The van der Waals surface area contributed by atoms with E-state index in [4.69, 9.17) is 23.2 Å². The predicted octanol–water partition coefficient (Wildman–Crippen LogP) is 5.44. The molecule has 0 aliphatic heterocycles. The van der Waals surface area contributed by atoms with E-state index in [0.717, 1.165) is 15.4 Å². The van der Waals surface area contributed by atoms with Crippen molar-refractivity contribution in [1.82, 2.24) is 4.31 Å². The molecule has 0 atom stereocenters. The molecule has 1 amide bonds. The van der Waals surface area contributed by atoms with Gasteiger partial charge in [-0.3, -0.25) is 4.79 Å². The molecule has 3 aromatic rings. The highest BCUT2D eigenvalue weighted by Crippen LogP contribution is 2.24. The second-order valence-electron chi connectivity index (χ2n) is 7.18. The number of hydrogen-bond donors (Lipinski definition) is 1. The summed E-state index contributed by atoms with van der Waals surface area (Å²) in [5, 5.41) is 3.75. The second kappa shape index (κ2) is 9.83. The fraction of sp³-hybridized carbons (Fsp3) is 0.174. The van der Waals surface area contributed by atoms with Gasteiger partial charge in [0, 0.05) is 22.3 Å². The maximum absolute atomic E-state index is 13.3. The fourth-order valence-electron chi connectivity index (χ4n) is 3.02. The Balaban J connectivity index is 1.90. The standard InChI is InChI=1S/C23H22Cl2N2O3S/c1-16-7-10-20(11-8-16)31(29,30)27(14-18-5-3-4-6-21(18)25)15-23(28)26-22-12-9-19(24)13-17(22)2/h3-13H,14-15H2,1-2H3,(H,26,28). The first kappa shape index (κ1) is 23.3. The summed E-state index contributed by atoms with van der Waals surface area (Å²) in [5.74, 6) is -0.465. The average molecular weight is 477 g/mol. The number of carbonyl (C=O) groups is 1. The first-order chi connectivity index (χ1) is 14.7. The van der Waals surface area contributed by atoms with Crippen LogP contribution in [-0.4, -0.2) is 25.2 Å². The van der Waals surface area contributed by atoms with Crippen molar-refractivity contribution in [3.63, 3.8) is 0 Å². The third kappa shape index (κ3) is 5.86. The van der Waals surface area contributed by atoms with Gasteiger partial charge in [-0.05, 0) is 61.4 Å².